The minimum atomic E-state index is -4.35. The Hall–Kier alpha value is -1.99. The number of halogens is 4. The van der Waals surface area contributed by atoms with Crippen LogP contribution in [-0.4, -0.2) is 23.8 Å². The molecule has 18 heavy (non-hydrogen) atoms. The summed E-state index contributed by atoms with van der Waals surface area (Å²) in [6.07, 6.45) is -5.50. The lowest BCUT2D eigenvalue weighted by molar-refractivity contribution is -0.139. The van der Waals surface area contributed by atoms with E-state index in [0.29, 0.717) is 0 Å². The molecule has 4 nitrogen and oxygen atoms in total. The van der Waals surface area contributed by atoms with Gasteiger partial charge in [-0.2, -0.15) is 13.2 Å². The molecule has 0 saturated carbocycles. The van der Waals surface area contributed by atoms with Crippen LogP contribution in [0.3, 0.4) is 0 Å². The van der Waals surface area contributed by atoms with Gasteiger partial charge < -0.3 is 15.7 Å². The van der Waals surface area contributed by atoms with Crippen molar-refractivity contribution in [3.05, 3.63) is 29.6 Å². The van der Waals surface area contributed by atoms with E-state index in [1.54, 1.807) is 0 Å². The Bertz CT molecular complexity index is 446. The highest BCUT2D eigenvalue weighted by atomic mass is 19.4. The van der Waals surface area contributed by atoms with E-state index in [1.807, 2.05) is 0 Å². The van der Waals surface area contributed by atoms with Crippen LogP contribution in [0, 0.1) is 5.82 Å². The van der Waals surface area contributed by atoms with Crippen molar-refractivity contribution >= 4 is 5.84 Å². The molecule has 0 unspecified atom stereocenters. The van der Waals surface area contributed by atoms with Crippen LogP contribution in [-0.2, 0) is 0 Å². The summed E-state index contributed by atoms with van der Waals surface area (Å²) in [4.78, 5) is 0. The summed E-state index contributed by atoms with van der Waals surface area (Å²) in [6.45, 7) is -0.638. The topological polar surface area (TPSA) is 67.8 Å². The van der Waals surface area contributed by atoms with Crippen molar-refractivity contribution in [2.45, 2.75) is 12.6 Å². The van der Waals surface area contributed by atoms with Crippen LogP contribution in [0.2, 0.25) is 0 Å². The molecule has 0 bridgehead atoms. The van der Waals surface area contributed by atoms with Gasteiger partial charge in [0.1, 0.15) is 11.6 Å². The van der Waals surface area contributed by atoms with Gasteiger partial charge in [0.15, 0.2) is 5.84 Å². The number of nitrogens with zero attached hydrogens (tertiary/aromatic N) is 1. The predicted molar refractivity (Wildman–Crippen MR) is 55.1 cm³/mol. The molecule has 0 aliphatic heterocycles. The third-order valence-corrected chi connectivity index (χ3v) is 1.97. The van der Waals surface area contributed by atoms with Gasteiger partial charge in [0.2, 0.25) is 0 Å². The molecule has 0 amide bonds. The smallest absolute Gasteiger partial charge is 0.392 e. The van der Waals surface area contributed by atoms with Gasteiger partial charge in [0, 0.05) is 0 Å². The Balaban J connectivity index is 2.82. The number of alkyl halides is 3. The highest BCUT2D eigenvalue weighted by Crippen LogP contribution is 2.23. The Kier molecular flexibility index (Phi) is 4.35. The second-order valence-electron chi connectivity index (χ2n) is 3.34. The standard InChI is InChI=1S/C10H10F4N2O2/c11-6-1-2-8(7(5-6)9(15)16-17)18-4-3-10(12,13)14/h1-2,5,17H,3-4H2,(H2,15,16). The molecule has 0 heterocycles. The van der Waals surface area contributed by atoms with Crippen LogP contribution < -0.4 is 10.5 Å². The first kappa shape index (κ1) is 14.1. The van der Waals surface area contributed by atoms with Crippen molar-refractivity contribution in [2.75, 3.05) is 6.61 Å². The molecule has 0 aliphatic rings. The maximum Gasteiger partial charge on any atom is 0.392 e. The summed E-state index contributed by atoms with van der Waals surface area (Å²) < 4.78 is 53.5. The van der Waals surface area contributed by atoms with E-state index in [4.69, 9.17) is 15.7 Å². The fourth-order valence-corrected chi connectivity index (χ4v) is 1.16. The zero-order valence-electron chi connectivity index (χ0n) is 9.04. The Morgan fingerprint density at radius 1 is 1.39 bits per heavy atom. The second kappa shape index (κ2) is 5.56. The quantitative estimate of drug-likeness (QED) is 0.289. The van der Waals surface area contributed by atoms with E-state index in [-0.39, 0.29) is 11.3 Å². The van der Waals surface area contributed by atoms with Gasteiger partial charge >= 0.3 is 6.18 Å². The molecule has 1 aromatic rings. The van der Waals surface area contributed by atoms with E-state index >= 15 is 0 Å². The van der Waals surface area contributed by atoms with Crippen LogP contribution in [0.4, 0.5) is 17.6 Å². The maximum atomic E-state index is 12.9. The summed E-state index contributed by atoms with van der Waals surface area (Å²) in [5.74, 6) is -1.22. The van der Waals surface area contributed by atoms with Crippen molar-refractivity contribution in [1.29, 1.82) is 0 Å². The predicted octanol–water partition coefficient (Wildman–Crippen LogP) is 2.25. The van der Waals surface area contributed by atoms with E-state index in [0.717, 1.165) is 18.2 Å². The number of hydrogen-bond donors (Lipinski definition) is 2. The molecule has 3 N–H and O–H groups in total. The first-order chi connectivity index (χ1) is 8.33. The summed E-state index contributed by atoms with van der Waals surface area (Å²) in [5, 5.41) is 11.1. The van der Waals surface area contributed by atoms with E-state index in [2.05, 4.69) is 5.16 Å². The SMILES string of the molecule is N/C(=N/O)c1cc(F)ccc1OCCC(F)(F)F. The molecule has 0 radical (unpaired) electrons. The average molecular weight is 266 g/mol. The number of hydrogen-bond acceptors (Lipinski definition) is 3. The molecule has 0 fully saturated rings. The van der Waals surface area contributed by atoms with Gasteiger partial charge in [-0.25, -0.2) is 4.39 Å². The van der Waals surface area contributed by atoms with Crippen molar-refractivity contribution < 1.29 is 27.5 Å². The Morgan fingerprint density at radius 3 is 2.61 bits per heavy atom. The maximum absolute atomic E-state index is 12.9. The minimum Gasteiger partial charge on any atom is -0.492 e. The molecular weight excluding hydrogens is 256 g/mol. The van der Waals surface area contributed by atoms with Crippen molar-refractivity contribution in [2.24, 2.45) is 10.9 Å². The van der Waals surface area contributed by atoms with Crippen LogP contribution >= 0.6 is 0 Å². The van der Waals surface area contributed by atoms with Crippen molar-refractivity contribution in [1.82, 2.24) is 0 Å². The lowest BCUT2D eigenvalue weighted by Crippen LogP contribution is -2.17. The number of benzene rings is 1. The van der Waals surface area contributed by atoms with Gasteiger partial charge in [-0.15, -0.1) is 0 Å². The molecule has 0 spiro atoms. The highest BCUT2D eigenvalue weighted by Gasteiger charge is 2.27. The molecule has 0 atom stereocenters. The minimum absolute atomic E-state index is 0.0871. The monoisotopic (exact) mass is 266 g/mol. The first-order valence-corrected chi connectivity index (χ1v) is 4.80. The van der Waals surface area contributed by atoms with Crippen LogP contribution in [0.1, 0.15) is 12.0 Å². The number of oxime groups is 1. The molecule has 1 aromatic carbocycles. The Labute approximate surface area is 99.7 Å². The summed E-state index contributed by atoms with van der Waals surface area (Å²) in [7, 11) is 0. The Morgan fingerprint density at radius 2 is 2.06 bits per heavy atom. The number of ether oxygens (including phenoxy) is 1. The second-order valence-corrected chi connectivity index (χ2v) is 3.34. The molecule has 1 rings (SSSR count). The largest absolute Gasteiger partial charge is 0.492 e. The van der Waals surface area contributed by atoms with E-state index in [9.17, 15) is 17.6 Å². The van der Waals surface area contributed by atoms with Gasteiger partial charge in [0.25, 0.3) is 0 Å². The van der Waals surface area contributed by atoms with Gasteiger partial charge in [-0.3, -0.25) is 0 Å². The zero-order valence-corrected chi connectivity index (χ0v) is 9.04. The average Bonchev–Trinajstić information content (AvgIpc) is 2.28. The molecule has 8 heteroatoms. The molecular formula is C10H10F4N2O2. The fourth-order valence-electron chi connectivity index (χ4n) is 1.16. The van der Waals surface area contributed by atoms with Gasteiger partial charge in [-0.05, 0) is 18.2 Å². The first-order valence-electron chi connectivity index (χ1n) is 4.80. The van der Waals surface area contributed by atoms with Crippen LogP contribution in [0.25, 0.3) is 0 Å². The lowest BCUT2D eigenvalue weighted by Gasteiger charge is -2.11. The highest BCUT2D eigenvalue weighted by molar-refractivity contribution is 5.99. The molecule has 0 aromatic heterocycles. The van der Waals surface area contributed by atoms with Crippen LogP contribution in [0.15, 0.2) is 23.4 Å². The molecule has 100 valence electrons. The molecule has 0 aliphatic carbocycles. The lowest BCUT2D eigenvalue weighted by atomic mass is 10.2. The number of nitrogens with two attached hydrogens (primary N) is 1. The summed E-state index contributed by atoms with van der Waals surface area (Å²) in [5.41, 5.74) is 5.14. The van der Waals surface area contributed by atoms with Gasteiger partial charge in [0.05, 0.1) is 18.6 Å². The van der Waals surface area contributed by atoms with Crippen LogP contribution in [0.5, 0.6) is 5.75 Å². The zero-order chi connectivity index (χ0) is 13.8. The van der Waals surface area contributed by atoms with Crippen molar-refractivity contribution in [3.63, 3.8) is 0 Å². The normalized spacial score (nSPS) is 12.6. The number of amidine groups is 1. The summed E-state index contributed by atoms with van der Waals surface area (Å²) >= 11 is 0. The molecule has 0 saturated heterocycles. The van der Waals surface area contributed by atoms with Crippen molar-refractivity contribution in [3.8, 4) is 5.75 Å². The fraction of sp³-hybridized carbons (Fsp3) is 0.300. The van der Waals surface area contributed by atoms with E-state index < -0.39 is 30.9 Å². The van der Waals surface area contributed by atoms with E-state index in [1.165, 1.54) is 0 Å². The third-order valence-electron chi connectivity index (χ3n) is 1.97. The summed E-state index contributed by atoms with van der Waals surface area (Å²) in [6, 6.07) is 3.01. The third kappa shape index (κ3) is 4.11. The number of rotatable bonds is 4. The van der Waals surface area contributed by atoms with Gasteiger partial charge in [-0.1, -0.05) is 5.16 Å².